The summed E-state index contributed by atoms with van der Waals surface area (Å²) in [7, 11) is 1.67. The summed E-state index contributed by atoms with van der Waals surface area (Å²) in [4.78, 5) is 25.3. The highest BCUT2D eigenvalue weighted by Crippen LogP contribution is 2.03. The van der Waals surface area contributed by atoms with Crippen molar-refractivity contribution in [2.45, 2.75) is 6.42 Å². The van der Waals surface area contributed by atoms with Crippen LogP contribution in [0.2, 0.25) is 0 Å². The molecule has 0 atom stereocenters. The first-order valence-electron chi connectivity index (χ1n) is 6.55. The van der Waals surface area contributed by atoms with E-state index in [-0.39, 0.29) is 11.5 Å². The summed E-state index contributed by atoms with van der Waals surface area (Å²) >= 11 is 0. The van der Waals surface area contributed by atoms with Gasteiger partial charge in [0.05, 0.1) is 12.2 Å². The van der Waals surface area contributed by atoms with Crippen molar-refractivity contribution < 1.29 is 4.79 Å². The van der Waals surface area contributed by atoms with Gasteiger partial charge in [0.2, 0.25) is 11.5 Å². The number of carbonyl (C=O) groups excluding carboxylic acids is 1. The molecule has 0 aromatic carbocycles. The van der Waals surface area contributed by atoms with Gasteiger partial charge in [0.15, 0.2) is 0 Å². The predicted octanol–water partition coefficient (Wildman–Crippen LogP) is -0.381. The number of pyridine rings is 1. The monoisotopic (exact) mass is 264 g/mol. The van der Waals surface area contributed by atoms with Gasteiger partial charge < -0.3 is 15.2 Å². The van der Waals surface area contributed by atoms with E-state index in [9.17, 15) is 9.59 Å². The molecule has 19 heavy (non-hydrogen) atoms. The third-order valence-corrected chi connectivity index (χ3v) is 3.17. The van der Waals surface area contributed by atoms with Gasteiger partial charge >= 0.3 is 0 Å². The molecule has 1 aromatic rings. The van der Waals surface area contributed by atoms with Crippen LogP contribution >= 0.6 is 0 Å². The van der Waals surface area contributed by atoms with Gasteiger partial charge in [-0.25, -0.2) is 0 Å². The van der Waals surface area contributed by atoms with E-state index in [1.54, 1.807) is 19.3 Å². The zero-order valence-electron chi connectivity index (χ0n) is 11.2. The summed E-state index contributed by atoms with van der Waals surface area (Å²) in [6.07, 6.45) is 2.69. The largest absolute Gasteiger partial charge is 0.324 e. The van der Waals surface area contributed by atoms with E-state index >= 15 is 0 Å². The number of nitrogens with zero attached hydrogens (tertiary/aromatic N) is 2. The highest BCUT2D eigenvalue weighted by atomic mass is 16.2. The van der Waals surface area contributed by atoms with Gasteiger partial charge in [0.25, 0.3) is 0 Å². The van der Waals surface area contributed by atoms with Gasteiger partial charge in [-0.3, -0.25) is 14.5 Å². The Morgan fingerprint density at radius 3 is 3.00 bits per heavy atom. The Morgan fingerprint density at radius 2 is 2.21 bits per heavy atom. The van der Waals surface area contributed by atoms with Gasteiger partial charge in [0.1, 0.15) is 0 Å². The van der Waals surface area contributed by atoms with Gasteiger partial charge in [-0.2, -0.15) is 0 Å². The van der Waals surface area contributed by atoms with Crippen molar-refractivity contribution >= 4 is 11.6 Å². The molecule has 2 N–H and O–H groups in total. The van der Waals surface area contributed by atoms with E-state index in [4.69, 9.17) is 0 Å². The van der Waals surface area contributed by atoms with Crippen molar-refractivity contribution in [1.82, 2.24) is 14.8 Å². The van der Waals surface area contributed by atoms with Crippen LogP contribution in [0.25, 0.3) is 0 Å². The smallest absolute Gasteiger partial charge is 0.250 e. The van der Waals surface area contributed by atoms with Gasteiger partial charge in [0, 0.05) is 32.4 Å². The van der Waals surface area contributed by atoms with E-state index in [0.29, 0.717) is 12.2 Å². The Kier molecular flexibility index (Phi) is 4.70. The minimum Gasteiger partial charge on any atom is -0.324 e. The summed E-state index contributed by atoms with van der Waals surface area (Å²) in [5.74, 6) is -0.0412. The van der Waals surface area contributed by atoms with Gasteiger partial charge in [-0.15, -0.1) is 0 Å². The average molecular weight is 264 g/mol. The molecule has 104 valence electrons. The van der Waals surface area contributed by atoms with Crippen LogP contribution in [0.3, 0.4) is 0 Å². The minimum atomic E-state index is -0.0865. The first kappa shape index (κ1) is 13.8. The molecule has 0 unspecified atom stereocenters. The molecular weight excluding hydrogens is 244 g/mol. The Bertz CT molecular complexity index is 490. The fourth-order valence-corrected chi connectivity index (χ4v) is 2.13. The molecule has 6 heteroatoms. The van der Waals surface area contributed by atoms with Crippen molar-refractivity contribution in [2.24, 2.45) is 7.05 Å². The average Bonchev–Trinajstić information content (AvgIpc) is 2.62. The second kappa shape index (κ2) is 6.49. The van der Waals surface area contributed by atoms with E-state index in [1.165, 1.54) is 10.6 Å². The molecule has 1 saturated heterocycles. The third-order valence-electron chi connectivity index (χ3n) is 3.17. The summed E-state index contributed by atoms with van der Waals surface area (Å²) < 4.78 is 1.45. The summed E-state index contributed by atoms with van der Waals surface area (Å²) in [5, 5.41) is 6.12. The van der Waals surface area contributed by atoms with Crippen LogP contribution in [-0.4, -0.2) is 48.1 Å². The first-order chi connectivity index (χ1) is 9.15. The second-order valence-electron chi connectivity index (χ2n) is 4.79. The van der Waals surface area contributed by atoms with Crippen LogP contribution in [0.4, 0.5) is 5.69 Å². The van der Waals surface area contributed by atoms with Gasteiger partial charge in [-0.05, 0) is 25.6 Å². The number of carbonyl (C=O) groups is 1. The normalized spacial score (nSPS) is 16.9. The number of amides is 1. The van der Waals surface area contributed by atoms with Crippen LogP contribution in [0.1, 0.15) is 6.42 Å². The molecule has 1 fully saturated rings. The number of hydrogen-bond donors (Lipinski definition) is 2. The van der Waals surface area contributed by atoms with Crippen molar-refractivity contribution in [3.05, 3.63) is 28.7 Å². The number of rotatable bonds is 3. The third kappa shape index (κ3) is 4.18. The molecule has 0 saturated carbocycles. The maximum Gasteiger partial charge on any atom is 0.250 e. The molecule has 0 bridgehead atoms. The van der Waals surface area contributed by atoms with Crippen LogP contribution in [0, 0.1) is 0 Å². The molecule has 0 radical (unpaired) electrons. The lowest BCUT2D eigenvalue weighted by molar-refractivity contribution is -0.117. The standard InChI is InChI=1S/C13H20N4O2/c1-16-9-11(3-4-13(16)19)15-12(18)10-17-7-2-5-14-6-8-17/h3-4,9,14H,2,5-8,10H2,1H3,(H,15,18). The maximum absolute atomic E-state index is 11.9. The Balaban J connectivity index is 1.89. The fourth-order valence-electron chi connectivity index (χ4n) is 2.13. The van der Waals surface area contributed by atoms with Crippen molar-refractivity contribution in [1.29, 1.82) is 0 Å². The Hall–Kier alpha value is -1.66. The second-order valence-corrected chi connectivity index (χ2v) is 4.79. The molecule has 0 spiro atoms. The molecular formula is C13H20N4O2. The molecule has 2 rings (SSSR count). The maximum atomic E-state index is 11.9. The number of nitrogens with one attached hydrogen (secondary N) is 2. The van der Waals surface area contributed by atoms with Gasteiger partial charge in [-0.1, -0.05) is 0 Å². The van der Waals surface area contributed by atoms with Crippen LogP contribution in [0.15, 0.2) is 23.1 Å². The number of hydrogen-bond acceptors (Lipinski definition) is 4. The number of aryl methyl sites for hydroxylation is 1. The van der Waals surface area contributed by atoms with Crippen LogP contribution in [0.5, 0.6) is 0 Å². The van der Waals surface area contributed by atoms with E-state index in [0.717, 1.165) is 32.6 Å². The number of aromatic nitrogens is 1. The Labute approximate surface area is 112 Å². The molecule has 2 heterocycles. The topological polar surface area (TPSA) is 66.4 Å². The summed E-state index contributed by atoms with van der Waals surface area (Å²) in [6, 6.07) is 3.08. The van der Waals surface area contributed by atoms with E-state index in [1.807, 2.05) is 0 Å². The quantitative estimate of drug-likeness (QED) is 0.781. The zero-order valence-corrected chi connectivity index (χ0v) is 11.2. The SMILES string of the molecule is Cn1cc(NC(=O)CN2CCCNCC2)ccc1=O. The van der Waals surface area contributed by atoms with E-state index in [2.05, 4.69) is 15.5 Å². The lowest BCUT2D eigenvalue weighted by Gasteiger charge is -2.18. The fraction of sp³-hybridized carbons (Fsp3) is 0.538. The van der Waals surface area contributed by atoms with E-state index < -0.39 is 0 Å². The van der Waals surface area contributed by atoms with Crippen molar-refractivity contribution in [3.63, 3.8) is 0 Å². The van der Waals surface area contributed by atoms with Crippen LogP contribution in [-0.2, 0) is 11.8 Å². The minimum absolute atomic E-state index is 0.0412. The molecule has 1 amide bonds. The zero-order chi connectivity index (χ0) is 13.7. The molecule has 0 aliphatic carbocycles. The summed E-state index contributed by atoms with van der Waals surface area (Å²) in [6.45, 7) is 4.16. The molecule has 1 aliphatic heterocycles. The number of anilines is 1. The van der Waals surface area contributed by atoms with Crippen molar-refractivity contribution in [3.8, 4) is 0 Å². The molecule has 6 nitrogen and oxygen atoms in total. The highest BCUT2D eigenvalue weighted by Gasteiger charge is 2.12. The molecule has 1 aliphatic rings. The summed E-state index contributed by atoms with van der Waals surface area (Å²) in [5.41, 5.74) is 0.566. The predicted molar refractivity (Wildman–Crippen MR) is 74.2 cm³/mol. The molecule has 1 aromatic heterocycles. The van der Waals surface area contributed by atoms with Crippen LogP contribution < -0.4 is 16.2 Å². The highest BCUT2D eigenvalue weighted by molar-refractivity contribution is 5.92. The lowest BCUT2D eigenvalue weighted by Crippen LogP contribution is -2.35. The Morgan fingerprint density at radius 1 is 1.37 bits per heavy atom. The van der Waals surface area contributed by atoms with Crippen molar-refractivity contribution in [2.75, 3.05) is 38.0 Å². The first-order valence-corrected chi connectivity index (χ1v) is 6.55. The lowest BCUT2D eigenvalue weighted by atomic mass is 10.3.